The van der Waals surface area contributed by atoms with Gasteiger partial charge in [-0.25, -0.2) is 9.37 Å². The van der Waals surface area contributed by atoms with Crippen molar-refractivity contribution in [1.29, 1.82) is 0 Å². The van der Waals surface area contributed by atoms with Crippen LogP contribution in [0.15, 0.2) is 18.2 Å². The van der Waals surface area contributed by atoms with Crippen LogP contribution in [-0.2, 0) is 11.4 Å². The predicted molar refractivity (Wildman–Crippen MR) is 78.1 cm³/mol. The van der Waals surface area contributed by atoms with Crippen LogP contribution >= 0.6 is 11.6 Å². The molecule has 4 heteroatoms. The molecule has 0 aliphatic heterocycles. The summed E-state index contributed by atoms with van der Waals surface area (Å²) in [6.45, 7) is 6.49. The number of halogens is 2. The van der Waals surface area contributed by atoms with Crippen LogP contribution in [0.2, 0.25) is 0 Å². The Balaban J connectivity index is 2.78. The fraction of sp³-hybridized carbons (Fsp3) is 0.533. The molecule has 1 aromatic carbocycles. The molecule has 0 fully saturated rings. The van der Waals surface area contributed by atoms with Gasteiger partial charge in [0, 0.05) is 5.54 Å². The fourth-order valence-corrected chi connectivity index (χ4v) is 3.12. The summed E-state index contributed by atoms with van der Waals surface area (Å²) in [5.74, 6) is 0.942. The first-order valence-electron chi connectivity index (χ1n) is 6.85. The van der Waals surface area contributed by atoms with Crippen LogP contribution < -0.4 is 0 Å². The Morgan fingerprint density at radius 2 is 1.84 bits per heavy atom. The summed E-state index contributed by atoms with van der Waals surface area (Å²) < 4.78 is 15.7. The van der Waals surface area contributed by atoms with Gasteiger partial charge in [0.2, 0.25) is 0 Å². The van der Waals surface area contributed by atoms with E-state index in [-0.39, 0.29) is 11.4 Å². The molecule has 0 atom stereocenters. The van der Waals surface area contributed by atoms with E-state index in [4.69, 9.17) is 11.6 Å². The van der Waals surface area contributed by atoms with Crippen molar-refractivity contribution in [2.24, 2.45) is 0 Å². The summed E-state index contributed by atoms with van der Waals surface area (Å²) in [4.78, 5) is 4.55. The Morgan fingerprint density at radius 1 is 1.21 bits per heavy atom. The topological polar surface area (TPSA) is 17.8 Å². The molecule has 0 unspecified atom stereocenters. The van der Waals surface area contributed by atoms with Crippen LogP contribution in [0.5, 0.6) is 0 Å². The molecule has 0 N–H and O–H groups in total. The molecule has 2 aromatic rings. The van der Waals surface area contributed by atoms with Crippen molar-refractivity contribution < 1.29 is 4.39 Å². The molecule has 19 heavy (non-hydrogen) atoms. The summed E-state index contributed by atoms with van der Waals surface area (Å²) in [5.41, 5.74) is 1.63. The molecule has 0 saturated carbocycles. The van der Waals surface area contributed by atoms with Crippen LogP contribution in [0.4, 0.5) is 4.39 Å². The highest BCUT2D eigenvalue weighted by atomic mass is 35.5. The molecule has 1 heterocycles. The van der Waals surface area contributed by atoms with E-state index in [1.54, 1.807) is 12.1 Å². The summed E-state index contributed by atoms with van der Waals surface area (Å²) in [6.07, 6.45) is 2.93. The van der Waals surface area contributed by atoms with Gasteiger partial charge in [0.25, 0.3) is 0 Å². The van der Waals surface area contributed by atoms with Crippen molar-refractivity contribution in [3.8, 4) is 0 Å². The van der Waals surface area contributed by atoms with Crippen LogP contribution in [0.3, 0.4) is 0 Å². The lowest BCUT2D eigenvalue weighted by molar-refractivity contribution is 0.252. The van der Waals surface area contributed by atoms with Crippen molar-refractivity contribution in [2.75, 3.05) is 0 Å². The van der Waals surface area contributed by atoms with E-state index in [1.165, 1.54) is 6.07 Å². The van der Waals surface area contributed by atoms with Crippen molar-refractivity contribution in [3.05, 3.63) is 29.8 Å². The number of hydrogen-bond donors (Lipinski definition) is 0. The van der Waals surface area contributed by atoms with Crippen LogP contribution in [-0.4, -0.2) is 9.55 Å². The highest BCUT2D eigenvalue weighted by Crippen LogP contribution is 2.35. The second-order valence-electron chi connectivity index (χ2n) is 4.92. The molecule has 2 nitrogen and oxygen atoms in total. The summed E-state index contributed by atoms with van der Waals surface area (Å²) in [7, 11) is 0. The molecule has 2 rings (SSSR count). The SMILES string of the molecule is CCC(CC)(CC)n1c(CCl)nc2ccc(F)cc21. The zero-order valence-electron chi connectivity index (χ0n) is 11.7. The van der Waals surface area contributed by atoms with Gasteiger partial charge >= 0.3 is 0 Å². The minimum absolute atomic E-state index is 0.0350. The third kappa shape index (κ3) is 2.25. The summed E-state index contributed by atoms with van der Waals surface area (Å²) in [6, 6.07) is 4.74. The average molecular weight is 283 g/mol. The molecule has 0 amide bonds. The Morgan fingerprint density at radius 3 is 2.37 bits per heavy atom. The smallest absolute Gasteiger partial charge is 0.125 e. The van der Waals surface area contributed by atoms with Gasteiger partial charge < -0.3 is 4.57 Å². The molecular weight excluding hydrogens is 263 g/mol. The van der Waals surface area contributed by atoms with Gasteiger partial charge in [-0.1, -0.05) is 20.8 Å². The first-order valence-corrected chi connectivity index (χ1v) is 7.38. The molecule has 1 aromatic heterocycles. The quantitative estimate of drug-likeness (QED) is 0.718. The van der Waals surface area contributed by atoms with Crippen molar-refractivity contribution in [1.82, 2.24) is 9.55 Å². The molecule has 0 aliphatic rings. The fourth-order valence-electron chi connectivity index (χ4n) is 2.94. The zero-order valence-corrected chi connectivity index (χ0v) is 12.5. The first kappa shape index (κ1) is 14.3. The number of hydrogen-bond acceptors (Lipinski definition) is 1. The maximum absolute atomic E-state index is 13.6. The van der Waals surface area contributed by atoms with E-state index in [0.29, 0.717) is 5.88 Å². The van der Waals surface area contributed by atoms with Crippen LogP contribution in [0, 0.1) is 5.82 Å². The molecule has 0 bridgehead atoms. The van der Waals surface area contributed by atoms with Crippen LogP contribution in [0.25, 0.3) is 11.0 Å². The first-order chi connectivity index (χ1) is 9.11. The monoisotopic (exact) mass is 282 g/mol. The zero-order chi connectivity index (χ0) is 14.0. The molecule has 0 aliphatic carbocycles. The third-order valence-electron chi connectivity index (χ3n) is 4.25. The Hall–Kier alpha value is -1.09. The third-order valence-corrected chi connectivity index (χ3v) is 4.49. The number of benzene rings is 1. The number of alkyl halides is 1. The number of rotatable bonds is 5. The molecule has 0 saturated heterocycles. The number of aromatic nitrogens is 2. The van der Waals surface area contributed by atoms with Gasteiger partial charge in [0.05, 0.1) is 16.9 Å². The Labute approximate surface area is 118 Å². The summed E-state index contributed by atoms with van der Waals surface area (Å²) >= 11 is 6.04. The van der Waals surface area contributed by atoms with E-state index in [2.05, 4.69) is 30.3 Å². The number of fused-ring (bicyclic) bond motifs is 1. The molecular formula is C15H20ClFN2. The second-order valence-corrected chi connectivity index (χ2v) is 5.18. The van der Waals surface area contributed by atoms with E-state index in [9.17, 15) is 4.39 Å². The highest BCUT2D eigenvalue weighted by Gasteiger charge is 2.30. The van der Waals surface area contributed by atoms with Crippen molar-refractivity contribution >= 4 is 22.6 Å². The maximum Gasteiger partial charge on any atom is 0.125 e. The van der Waals surface area contributed by atoms with Crippen molar-refractivity contribution in [2.45, 2.75) is 51.5 Å². The van der Waals surface area contributed by atoms with Gasteiger partial charge in [-0.05, 0) is 37.5 Å². The molecule has 0 radical (unpaired) electrons. The molecule has 104 valence electrons. The number of nitrogens with zero attached hydrogens (tertiary/aromatic N) is 2. The highest BCUT2D eigenvalue weighted by molar-refractivity contribution is 6.16. The maximum atomic E-state index is 13.6. The van der Waals surface area contributed by atoms with E-state index >= 15 is 0 Å². The largest absolute Gasteiger partial charge is 0.321 e. The lowest BCUT2D eigenvalue weighted by Gasteiger charge is -2.34. The van der Waals surface area contributed by atoms with Gasteiger partial charge in [0.15, 0.2) is 0 Å². The number of imidazole rings is 1. The van der Waals surface area contributed by atoms with Crippen molar-refractivity contribution in [3.63, 3.8) is 0 Å². The van der Waals surface area contributed by atoms with E-state index in [0.717, 1.165) is 36.1 Å². The Kier molecular flexibility index (Phi) is 4.14. The minimum Gasteiger partial charge on any atom is -0.321 e. The average Bonchev–Trinajstić information content (AvgIpc) is 2.80. The van der Waals surface area contributed by atoms with Crippen LogP contribution in [0.1, 0.15) is 45.9 Å². The van der Waals surface area contributed by atoms with Gasteiger partial charge in [0.1, 0.15) is 11.6 Å². The Bertz CT molecular complexity index is 565. The van der Waals surface area contributed by atoms with Gasteiger partial charge in [-0.3, -0.25) is 0 Å². The van der Waals surface area contributed by atoms with E-state index in [1.807, 2.05) is 0 Å². The van der Waals surface area contributed by atoms with Gasteiger partial charge in [-0.15, -0.1) is 11.6 Å². The standard InChI is InChI=1S/C15H20ClFN2/c1-4-15(5-2,6-3)19-13-9-11(17)7-8-12(13)18-14(19)10-16/h7-9H,4-6,10H2,1-3H3. The van der Waals surface area contributed by atoms with E-state index < -0.39 is 0 Å². The molecule has 0 spiro atoms. The summed E-state index contributed by atoms with van der Waals surface area (Å²) in [5, 5.41) is 0. The normalized spacial score (nSPS) is 12.3. The van der Waals surface area contributed by atoms with Gasteiger partial charge in [-0.2, -0.15) is 0 Å². The lowest BCUT2D eigenvalue weighted by Crippen LogP contribution is -2.32. The predicted octanol–water partition coefficient (Wildman–Crippen LogP) is 4.84. The minimum atomic E-state index is -0.230. The lowest BCUT2D eigenvalue weighted by atomic mass is 9.89. The second kappa shape index (κ2) is 5.49.